The molecule has 1 atom stereocenters. The summed E-state index contributed by atoms with van der Waals surface area (Å²) in [5.41, 5.74) is 0. The van der Waals surface area contributed by atoms with E-state index in [4.69, 9.17) is 0 Å². The van der Waals surface area contributed by atoms with Gasteiger partial charge in [-0.15, -0.1) is 0 Å². The Hall–Kier alpha value is -0.570. The van der Waals surface area contributed by atoms with Crippen LogP contribution >= 0.6 is 12.6 Å². The van der Waals surface area contributed by atoms with Crippen LogP contribution in [0.3, 0.4) is 0 Å². The second kappa shape index (κ2) is 3.56. The van der Waals surface area contributed by atoms with E-state index in [2.05, 4.69) is 29.5 Å². The first-order valence-electron chi connectivity index (χ1n) is 3.29. The minimum absolute atomic E-state index is 0.182. The molecule has 3 heteroatoms. The number of thiol groups is 1. The largest absolute Gasteiger partial charge is 0.240 e. The molecule has 0 aliphatic rings. The highest BCUT2D eigenvalue weighted by atomic mass is 32.1. The summed E-state index contributed by atoms with van der Waals surface area (Å²) in [6, 6.07) is 1.81. The normalized spacial score (nSPS) is 13.0. The highest BCUT2D eigenvalue weighted by molar-refractivity contribution is 7.80. The molecule has 0 spiro atoms. The van der Waals surface area contributed by atoms with Gasteiger partial charge in [0.05, 0.1) is 5.25 Å². The summed E-state index contributed by atoms with van der Waals surface area (Å²) in [5.74, 6) is 0.813. The zero-order chi connectivity index (χ0) is 7.40. The third kappa shape index (κ3) is 1.70. The molecule has 10 heavy (non-hydrogen) atoms. The molecule has 0 saturated heterocycles. The lowest BCUT2D eigenvalue weighted by Gasteiger charge is -2.02. The predicted octanol–water partition coefficient (Wildman–Crippen LogP) is 1.86. The lowest BCUT2D eigenvalue weighted by molar-refractivity contribution is 0.818. The molecule has 0 radical (unpaired) electrons. The molecule has 0 aliphatic carbocycles. The predicted molar refractivity (Wildman–Crippen MR) is 44.1 cm³/mol. The van der Waals surface area contributed by atoms with Gasteiger partial charge < -0.3 is 0 Å². The van der Waals surface area contributed by atoms with Crippen molar-refractivity contribution >= 4 is 12.6 Å². The Bertz CT molecular complexity index is 188. The molecule has 1 aromatic rings. The van der Waals surface area contributed by atoms with Gasteiger partial charge in [-0.3, -0.25) is 0 Å². The Labute approximate surface area is 66.1 Å². The van der Waals surface area contributed by atoms with Crippen molar-refractivity contribution in [3.8, 4) is 0 Å². The molecule has 0 fully saturated rings. The molecular weight excluding hydrogens is 144 g/mol. The molecule has 1 rings (SSSR count). The van der Waals surface area contributed by atoms with Gasteiger partial charge in [-0.05, 0) is 12.5 Å². The first-order valence-corrected chi connectivity index (χ1v) is 3.81. The van der Waals surface area contributed by atoms with Gasteiger partial charge in [0.25, 0.3) is 0 Å². The average Bonchev–Trinajstić information content (AvgIpc) is 2.05. The Kier molecular flexibility index (Phi) is 2.68. The first-order chi connectivity index (χ1) is 4.84. The fourth-order valence-corrected chi connectivity index (χ4v) is 0.799. The molecule has 0 aromatic carbocycles. The van der Waals surface area contributed by atoms with Gasteiger partial charge in [0.15, 0.2) is 0 Å². The molecule has 2 nitrogen and oxygen atoms in total. The van der Waals surface area contributed by atoms with Crippen molar-refractivity contribution in [2.75, 3.05) is 0 Å². The van der Waals surface area contributed by atoms with E-state index in [9.17, 15) is 0 Å². The lowest BCUT2D eigenvalue weighted by Crippen LogP contribution is -1.95. The van der Waals surface area contributed by atoms with E-state index in [1.807, 2.05) is 0 Å². The van der Waals surface area contributed by atoms with E-state index >= 15 is 0 Å². The average molecular weight is 154 g/mol. The second-order valence-corrected chi connectivity index (χ2v) is 2.65. The van der Waals surface area contributed by atoms with Crippen LogP contribution in [0.15, 0.2) is 18.5 Å². The summed E-state index contributed by atoms with van der Waals surface area (Å²) in [5, 5.41) is 0.182. The quantitative estimate of drug-likeness (QED) is 0.658. The maximum Gasteiger partial charge on any atom is 0.140 e. The van der Waals surface area contributed by atoms with Gasteiger partial charge in [0.2, 0.25) is 0 Å². The van der Waals surface area contributed by atoms with Crippen molar-refractivity contribution in [2.24, 2.45) is 0 Å². The van der Waals surface area contributed by atoms with Crippen molar-refractivity contribution in [3.05, 3.63) is 24.3 Å². The number of hydrogen-bond donors (Lipinski definition) is 1. The molecular formula is C7H10N2S. The van der Waals surface area contributed by atoms with E-state index in [0.29, 0.717) is 0 Å². The van der Waals surface area contributed by atoms with Crippen LogP contribution in [0.5, 0.6) is 0 Å². The van der Waals surface area contributed by atoms with Gasteiger partial charge in [-0.25, -0.2) is 9.97 Å². The van der Waals surface area contributed by atoms with Gasteiger partial charge in [-0.1, -0.05) is 6.92 Å². The molecule has 54 valence electrons. The zero-order valence-electron chi connectivity index (χ0n) is 5.86. The lowest BCUT2D eigenvalue weighted by atomic mass is 10.3. The number of rotatable bonds is 2. The van der Waals surface area contributed by atoms with E-state index in [-0.39, 0.29) is 5.25 Å². The maximum absolute atomic E-state index is 4.29. The monoisotopic (exact) mass is 154 g/mol. The number of nitrogens with zero attached hydrogens (tertiary/aromatic N) is 2. The summed E-state index contributed by atoms with van der Waals surface area (Å²) in [7, 11) is 0. The highest BCUT2D eigenvalue weighted by Crippen LogP contribution is 2.17. The molecule has 1 unspecified atom stereocenters. The fourth-order valence-electron chi connectivity index (χ4n) is 0.665. The van der Waals surface area contributed by atoms with Crippen LogP contribution in [-0.4, -0.2) is 9.97 Å². The maximum atomic E-state index is 4.29. The third-order valence-corrected chi connectivity index (χ3v) is 1.87. The van der Waals surface area contributed by atoms with Gasteiger partial charge in [-0.2, -0.15) is 12.6 Å². The summed E-state index contributed by atoms with van der Waals surface area (Å²) >= 11 is 4.29. The van der Waals surface area contributed by atoms with Crippen molar-refractivity contribution in [1.29, 1.82) is 0 Å². The Morgan fingerprint density at radius 3 is 2.60 bits per heavy atom. The molecule has 0 saturated carbocycles. The van der Waals surface area contributed by atoms with Crippen molar-refractivity contribution in [1.82, 2.24) is 9.97 Å². The molecule has 0 aliphatic heterocycles. The second-order valence-electron chi connectivity index (χ2n) is 2.03. The number of aromatic nitrogens is 2. The topological polar surface area (TPSA) is 25.8 Å². The Balaban J connectivity index is 2.75. The van der Waals surface area contributed by atoms with E-state index < -0.39 is 0 Å². The summed E-state index contributed by atoms with van der Waals surface area (Å²) in [6.45, 7) is 2.06. The van der Waals surface area contributed by atoms with Gasteiger partial charge in [0, 0.05) is 12.4 Å². The van der Waals surface area contributed by atoms with Crippen LogP contribution in [-0.2, 0) is 0 Å². The minimum Gasteiger partial charge on any atom is -0.240 e. The van der Waals surface area contributed by atoms with Crippen molar-refractivity contribution in [3.63, 3.8) is 0 Å². The Morgan fingerprint density at radius 1 is 1.50 bits per heavy atom. The van der Waals surface area contributed by atoms with Crippen LogP contribution in [0, 0.1) is 0 Å². The zero-order valence-corrected chi connectivity index (χ0v) is 6.75. The molecule has 0 amide bonds. The summed E-state index contributed by atoms with van der Waals surface area (Å²) in [4.78, 5) is 8.12. The Morgan fingerprint density at radius 2 is 2.10 bits per heavy atom. The summed E-state index contributed by atoms with van der Waals surface area (Å²) in [6.07, 6.45) is 4.44. The first kappa shape index (κ1) is 7.54. The number of hydrogen-bond acceptors (Lipinski definition) is 3. The van der Waals surface area contributed by atoms with Crippen LogP contribution in [0.2, 0.25) is 0 Å². The minimum atomic E-state index is 0.182. The highest BCUT2D eigenvalue weighted by Gasteiger charge is 2.03. The van der Waals surface area contributed by atoms with Crippen LogP contribution in [0.25, 0.3) is 0 Å². The van der Waals surface area contributed by atoms with Gasteiger partial charge >= 0.3 is 0 Å². The van der Waals surface area contributed by atoms with Crippen LogP contribution in [0.4, 0.5) is 0 Å². The smallest absolute Gasteiger partial charge is 0.140 e. The summed E-state index contributed by atoms with van der Waals surface area (Å²) < 4.78 is 0. The van der Waals surface area contributed by atoms with E-state index in [0.717, 1.165) is 12.2 Å². The van der Waals surface area contributed by atoms with Crippen molar-refractivity contribution < 1.29 is 0 Å². The van der Waals surface area contributed by atoms with E-state index in [1.54, 1.807) is 18.5 Å². The van der Waals surface area contributed by atoms with Crippen molar-refractivity contribution in [2.45, 2.75) is 18.6 Å². The SMILES string of the molecule is CCC(S)c1ncccn1. The molecule has 0 N–H and O–H groups in total. The molecule has 0 bridgehead atoms. The third-order valence-electron chi connectivity index (χ3n) is 1.27. The van der Waals surface area contributed by atoms with Gasteiger partial charge in [0.1, 0.15) is 5.82 Å². The standard InChI is InChI=1S/C7H10N2S/c1-2-6(10)7-8-4-3-5-9-7/h3-6,10H,2H2,1H3. The van der Waals surface area contributed by atoms with Crippen LogP contribution in [0.1, 0.15) is 24.4 Å². The molecule has 1 heterocycles. The molecule has 1 aromatic heterocycles. The van der Waals surface area contributed by atoms with E-state index in [1.165, 1.54) is 0 Å². The van der Waals surface area contributed by atoms with Crippen LogP contribution < -0.4 is 0 Å². The fraction of sp³-hybridized carbons (Fsp3) is 0.429.